The van der Waals surface area contributed by atoms with E-state index in [1.807, 2.05) is 30.3 Å². The van der Waals surface area contributed by atoms with Gasteiger partial charge in [0.1, 0.15) is 12.4 Å². The van der Waals surface area contributed by atoms with Crippen LogP contribution in [-0.2, 0) is 4.79 Å². The van der Waals surface area contributed by atoms with Crippen molar-refractivity contribution in [2.75, 3.05) is 13.1 Å². The molecule has 0 saturated carbocycles. The molecule has 0 radical (unpaired) electrons. The van der Waals surface area contributed by atoms with Crippen LogP contribution >= 0.6 is 0 Å². The van der Waals surface area contributed by atoms with Gasteiger partial charge in [-0.2, -0.15) is 5.10 Å². The molecule has 0 aliphatic carbocycles. The number of hydrogen-bond donors (Lipinski definition) is 0. The lowest BCUT2D eigenvalue weighted by Gasteiger charge is -2.23. The Kier molecular flexibility index (Phi) is 3.86. The van der Waals surface area contributed by atoms with Gasteiger partial charge in [0, 0.05) is 13.1 Å². The average molecular weight is 300 g/mol. The lowest BCUT2D eigenvalue weighted by atomic mass is 10.1. The molecule has 0 bridgehead atoms. The summed E-state index contributed by atoms with van der Waals surface area (Å²) >= 11 is 0. The minimum atomic E-state index is -0.659. The topological polar surface area (TPSA) is 81.3 Å². The molecular weight excluding hydrogens is 284 g/mol. The van der Waals surface area contributed by atoms with Crippen molar-refractivity contribution in [1.29, 1.82) is 0 Å². The van der Waals surface area contributed by atoms with E-state index in [1.165, 1.54) is 17.1 Å². The van der Waals surface area contributed by atoms with Crippen LogP contribution in [0, 0.1) is 10.1 Å². The Morgan fingerprint density at radius 2 is 1.91 bits per heavy atom. The summed E-state index contributed by atoms with van der Waals surface area (Å²) in [5.41, 5.74) is 0.660. The molecule has 0 N–H and O–H groups in total. The molecule has 22 heavy (non-hydrogen) atoms. The van der Waals surface area contributed by atoms with E-state index in [2.05, 4.69) is 5.10 Å². The van der Waals surface area contributed by atoms with E-state index in [0.717, 1.165) is 31.5 Å². The van der Waals surface area contributed by atoms with Crippen molar-refractivity contribution < 1.29 is 9.72 Å². The van der Waals surface area contributed by atoms with E-state index in [-0.39, 0.29) is 11.6 Å². The zero-order chi connectivity index (χ0) is 15.5. The van der Waals surface area contributed by atoms with Crippen molar-refractivity contribution in [3.05, 3.63) is 58.4 Å². The molecule has 114 valence electrons. The molecule has 0 spiro atoms. The van der Waals surface area contributed by atoms with Crippen molar-refractivity contribution in [2.24, 2.45) is 0 Å². The van der Waals surface area contributed by atoms with Crippen LogP contribution in [0.3, 0.4) is 0 Å². The van der Waals surface area contributed by atoms with Gasteiger partial charge in [-0.1, -0.05) is 30.3 Å². The van der Waals surface area contributed by atoms with Crippen molar-refractivity contribution in [1.82, 2.24) is 14.7 Å². The number of benzene rings is 1. The Morgan fingerprint density at radius 3 is 2.50 bits per heavy atom. The van der Waals surface area contributed by atoms with Crippen molar-refractivity contribution >= 4 is 11.6 Å². The first-order valence-corrected chi connectivity index (χ1v) is 7.19. The molecule has 7 heteroatoms. The molecule has 1 aromatic heterocycles. The summed E-state index contributed by atoms with van der Waals surface area (Å²) in [7, 11) is 0. The minimum Gasteiger partial charge on any atom is -0.341 e. The van der Waals surface area contributed by atoms with Gasteiger partial charge in [-0.15, -0.1) is 0 Å². The molecule has 2 aromatic rings. The number of aromatic nitrogens is 2. The fourth-order valence-electron chi connectivity index (χ4n) is 2.72. The largest absolute Gasteiger partial charge is 0.341 e. The number of carbonyl (C=O) groups excluding carboxylic acids is 1. The molecule has 2 heterocycles. The van der Waals surface area contributed by atoms with Crippen LogP contribution in [0.1, 0.15) is 24.4 Å². The summed E-state index contributed by atoms with van der Waals surface area (Å²) in [5.74, 6) is -0.0679. The molecule has 1 aromatic carbocycles. The molecular formula is C15H16N4O3. The fourth-order valence-corrected chi connectivity index (χ4v) is 2.72. The van der Waals surface area contributed by atoms with E-state index >= 15 is 0 Å². The highest BCUT2D eigenvalue weighted by Crippen LogP contribution is 2.24. The van der Waals surface area contributed by atoms with Gasteiger partial charge in [0.15, 0.2) is 6.04 Å². The number of rotatable bonds is 4. The van der Waals surface area contributed by atoms with Crippen LogP contribution in [0.25, 0.3) is 0 Å². The zero-order valence-corrected chi connectivity index (χ0v) is 12.0. The van der Waals surface area contributed by atoms with Gasteiger partial charge in [0.25, 0.3) is 5.91 Å². The summed E-state index contributed by atoms with van der Waals surface area (Å²) in [6, 6.07) is 8.58. The van der Waals surface area contributed by atoms with Gasteiger partial charge < -0.3 is 4.90 Å². The maximum absolute atomic E-state index is 12.8. The van der Waals surface area contributed by atoms with Crippen molar-refractivity contribution in [2.45, 2.75) is 18.9 Å². The van der Waals surface area contributed by atoms with Gasteiger partial charge in [-0.3, -0.25) is 14.9 Å². The predicted octanol–water partition coefficient (Wildman–Crippen LogP) is 2.00. The van der Waals surface area contributed by atoms with E-state index in [0.29, 0.717) is 0 Å². The zero-order valence-electron chi connectivity index (χ0n) is 12.0. The van der Waals surface area contributed by atoms with Gasteiger partial charge in [-0.05, 0) is 18.4 Å². The van der Waals surface area contributed by atoms with Gasteiger partial charge in [0.2, 0.25) is 0 Å². The van der Waals surface area contributed by atoms with Gasteiger partial charge in [-0.25, -0.2) is 4.68 Å². The second-order valence-corrected chi connectivity index (χ2v) is 5.28. The van der Waals surface area contributed by atoms with Crippen molar-refractivity contribution in [3.63, 3.8) is 0 Å². The molecule has 1 amide bonds. The van der Waals surface area contributed by atoms with Crippen LogP contribution in [-0.4, -0.2) is 38.6 Å². The molecule has 1 unspecified atom stereocenters. The first-order valence-electron chi connectivity index (χ1n) is 7.19. The second kappa shape index (κ2) is 5.97. The average Bonchev–Trinajstić information content (AvgIpc) is 3.20. The molecule has 1 atom stereocenters. The van der Waals surface area contributed by atoms with Crippen LogP contribution in [0.5, 0.6) is 0 Å². The first kappa shape index (κ1) is 14.2. The van der Waals surface area contributed by atoms with E-state index in [4.69, 9.17) is 0 Å². The highest BCUT2D eigenvalue weighted by Gasteiger charge is 2.30. The number of hydrogen-bond acceptors (Lipinski definition) is 4. The fraction of sp³-hybridized carbons (Fsp3) is 0.333. The van der Waals surface area contributed by atoms with Crippen LogP contribution < -0.4 is 0 Å². The summed E-state index contributed by atoms with van der Waals surface area (Å²) < 4.78 is 1.38. The van der Waals surface area contributed by atoms with Crippen LogP contribution in [0.2, 0.25) is 0 Å². The number of nitrogens with zero attached hydrogens (tertiary/aromatic N) is 4. The highest BCUT2D eigenvalue weighted by molar-refractivity contribution is 5.83. The maximum atomic E-state index is 12.8. The lowest BCUT2D eigenvalue weighted by molar-refractivity contribution is -0.385. The Morgan fingerprint density at radius 1 is 1.23 bits per heavy atom. The summed E-state index contributed by atoms with van der Waals surface area (Å²) in [5, 5.41) is 14.9. The van der Waals surface area contributed by atoms with E-state index < -0.39 is 11.0 Å². The van der Waals surface area contributed by atoms with E-state index in [1.54, 1.807) is 4.90 Å². The molecule has 1 fully saturated rings. The monoisotopic (exact) mass is 300 g/mol. The molecule has 1 saturated heterocycles. The SMILES string of the molecule is O=C(C(c1ccccc1)n1cc([N+](=O)[O-])cn1)N1CCCC1. The normalized spacial score (nSPS) is 15.7. The van der Waals surface area contributed by atoms with Crippen molar-refractivity contribution in [3.8, 4) is 0 Å². The Bertz CT molecular complexity index is 677. The Balaban J connectivity index is 1.98. The molecule has 1 aliphatic heterocycles. The minimum absolute atomic E-state index is 0.0679. The lowest BCUT2D eigenvalue weighted by Crippen LogP contribution is -2.36. The third-order valence-corrected chi connectivity index (χ3v) is 3.83. The number of carbonyl (C=O) groups is 1. The third kappa shape index (κ3) is 2.69. The third-order valence-electron chi connectivity index (χ3n) is 3.83. The standard InChI is InChI=1S/C15H16N4O3/c20-15(17-8-4-5-9-17)14(12-6-2-1-3-7-12)18-11-13(10-16-18)19(21)22/h1-3,6-7,10-11,14H,4-5,8-9H2. The number of amides is 1. The van der Waals surface area contributed by atoms with Gasteiger partial charge >= 0.3 is 5.69 Å². The highest BCUT2D eigenvalue weighted by atomic mass is 16.6. The summed E-state index contributed by atoms with van der Waals surface area (Å²) in [4.78, 5) is 25.0. The van der Waals surface area contributed by atoms with Crippen LogP contribution in [0.15, 0.2) is 42.7 Å². The molecule has 7 nitrogen and oxygen atoms in total. The number of likely N-dealkylation sites (tertiary alicyclic amines) is 1. The molecule has 3 rings (SSSR count). The Hall–Kier alpha value is -2.70. The van der Waals surface area contributed by atoms with E-state index in [9.17, 15) is 14.9 Å². The van der Waals surface area contributed by atoms with Gasteiger partial charge in [0.05, 0.1) is 4.92 Å². The second-order valence-electron chi connectivity index (χ2n) is 5.28. The maximum Gasteiger partial charge on any atom is 0.307 e. The quantitative estimate of drug-likeness (QED) is 0.639. The predicted molar refractivity (Wildman–Crippen MR) is 79.3 cm³/mol. The summed E-state index contributed by atoms with van der Waals surface area (Å²) in [6.07, 6.45) is 4.47. The smallest absolute Gasteiger partial charge is 0.307 e. The molecule has 1 aliphatic rings. The summed E-state index contributed by atoms with van der Waals surface area (Å²) in [6.45, 7) is 1.46. The number of nitro groups is 1. The van der Waals surface area contributed by atoms with Crippen LogP contribution in [0.4, 0.5) is 5.69 Å². The first-order chi connectivity index (χ1) is 10.7. The Labute approximate surface area is 127 Å².